The number of nitrogens with one attached hydrogen (secondary N) is 1. The van der Waals surface area contributed by atoms with Crippen molar-refractivity contribution < 1.29 is 9.90 Å². The van der Waals surface area contributed by atoms with Crippen molar-refractivity contribution in [3.63, 3.8) is 0 Å². The van der Waals surface area contributed by atoms with Crippen LogP contribution >= 0.6 is 15.9 Å². The van der Waals surface area contributed by atoms with Crippen molar-refractivity contribution in [1.82, 2.24) is 9.88 Å². The van der Waals surface area contributed by atoms with E-state index in [0.29, 0.717) is 19.5 Å². The number of carbonyl (C=O) groups excluding carboxylic acids is 1. The van der Waals surface area contributed by atoms with Crippen LogP contribution in [0.25, 0.3) is 10.9 Å². The molecule has 0 fully saturated rings. The number of amides is 1. The fraction of sp³-hybridized carbons (Fsp3) is 0.357. The molecule has 0 aliphatic heterocycles. The highest BCUT2D eigenvalue weighted by molar-refractivity contribution is 9.10. The van der Waals surface area contributed by atoms with Gasteiger partial charge in [0.25, 0.3) is 0 Å². The number of aliphatic hydroxyl groups excluding tert-OH is 1. The molecule has 0 spiro atoms. The first-order valence-corrected chi connectivity index (χ1v) is 7.09. The molecule has 0 saturated carbocycles. The number of aliphatic hydroxyl groups is 1. The number of hydrogen-bond donors (Lipinski definition) is 2. The average molecular weight is 325 g/mol. The van der Waals surface area contributed by atoms with E-state index in [2.05, 4.69) is 20.9 Å². The van der Waals surface area contributed by atoms with Crippen LogP contribution in [-0.2, 0) is 11.2 Å². The predicted molar refractivity (Wildman–Crippen MR) is 79.0 cm³/mol. The minimum atomic E-state index is 0.000408. The third-order valence-electron chi connectivity index (χ3n) is 3.18. The molecule has 0 atom stereocenters. The van der Waals surface area contributed by atoms with E-state index in [1.165, 1.54) is 0 Å². The van der Waals surface area contributed by atoms with Crippen LogP contribution in [0.15, 0.2) is 28.9 Å². The maximum Gasteiger partial charge on any atom is 0.227 e. The minimum Gasteiger partial charge on any atom is -0.395 e. The van der Waals surface area contributed by atoms with Gasteiger partial charge in [0.1, 0.15) is 0 Å². The molecule has 0 bridgehead atoms. The summed E-state index contributed by atoms with van der Waals surface area (Å²) in [5, 5.41) is 10.0. The molecule has 0 radical (unpaired) electrons. The molecule has 5 heteroatoms. The van der Waals surface area contributed by atoms with E-state index in [1.807, 2.05) is 31.3 Å². The van der Waals surface area contributed by atoms with Gasteiger partial charge in [-0.2, -0.15) is 0 Å². The van der Waals surface area contributed by atoms with Gasteiger partial charge in [0.05, 0.1) is 13.0 Å². The Hall–Kier alpha value is -1.33. The van der Waals surface area contributed by atoms with Crippen LogP contribution in [-0.4, -0.2) is 40.6 Å². The molecule has 1 heterocycles. The van der Waals surface area contributed by atoms with Gasteiger partial charge < -0.3 is 15.0 Å². The van der Waals surface area contributed by atoms with Gasteiger partial charge in [-0.05, 0) is 24.6 Å². The summed E-state index contributed by atoms with van der Waals surface area (Å²) < 4.78 is 1.01. The fourth-order valence-corrected chi connectivity index (χ4v) is 2.52. The van der Waals surface area contributed by atoms with Crippen molar-refractivity contribution in [2.45, 2.75) is 13.3 Å². The van der Waals surface area contributed by atoms with E-state index in [1.54, 1.807) is 4.90 Å². The Morgan fingerprint density at radius 2 is 2.26 bits per heavy atom. The highest BCUT2D eigenvalue weighted by Crippen LogP contribution is 2.23. The molecular weight excluding hydrogens is 308 g/mol. The number of carbonyl (C=O) groups is 1. The Morgan fingerprint density at radius 3 is 2.95 bits per heavy atom. The molecule has 1 aromatic carbocycles. The topological polar surface area (TPSA) is 56.3 Å². The first kappa shape index (κ1) is 14.1. The van der Waals surface area contributed by atoms with Crippen LogP contribution in [0.2, 0.25) is 0 Å². The molecule has 1 amide bonds. The maximum atomic E-state index is 12.1. The lowest BCUT2D eigenvalue weighted by Gasteiger charge is -2.19. The summed E-state index contributed by atoms with van der Waals surface area (Å²) in [6.07, 6.45) is 2.23. The molecule has 2 rings (SSSR count). The van der Waals surface area contributed by atoms with Crippen LogP contribution in [0.4, 0.5) is 0 Å². The fourth-order valence-electron chi connectivity index (χ4n) is 2.16. The number of likely N-dealkylation sites (N-methyl/N-ethyl adjacent to an activating group) is 1. The zero-order chi connectivity index (χ0) is 13.8. The quantitative estimate of drug-likeness (QED) is 0.886. The lowest BCUT2D eigenvalue weighted by molar-refractivity contribution is -0.130. The molecule has 2 N–H and O–H groups in total. The largest absolute Gasteiger partial charge is 0.395 e. The smallest absolute Gasteiger partial charge is 0.227 e. The summed E-state index contributed by atoms with van der Waals surface area (Å²) in [6.45, 7) is 2.93. The van der Waals surface area contributed by atoms with Gasteiger partial charge in [-0.15, -0.1) is 0 Å². The van der Waals surface area contributed by atoms with Gasteiger partial charge in [0, 0.05) is 34.7 Å². The molecule has 0 unspecified atom stereocenters. The summed E-state index contributed by atoms with van der Waals surface area (Å²) in [5.41, 5.74) is 2.01. The second-order valence-electron chi connectivity index (χ2n) is 4.38. The second-order valence-corrected chi connectivity index (χ2v) is 5.29. The third-order valence-corrected chi connectivity index (χ3v) is 3.67. The zero-order valence-electron chi connectivity index (χ0n) is 10.8. The third kappa shape index (κ3) is 3.16. The van der Waals surface area contributed by atoms with E-state index in [4.69, 9.17) is 5.11 Å². The number of rotatable bonds is 5. The Labute approximate surface area is 120 Å². The van der Waals surface area contributed by atoms with Gasteiger partial charge in [0.15, 0.2) is 0 Å². The standard InChI is InChI=1S/C14H17BrN2O2/c1-2-17(5-6-18)14(19)7-10-9-16-13-8-11(15)3-4-12(10)13/h3-4,8-9,16,18H,2,5-7H2,1H3. The molecule has 0 aliphatic carbocycles. The lowest BCUT2D eigenvalue weighted by Crippen LogP contribution is -2.34. The van der Waals surface area contributed by atoms with E-state index in [0.717, 1.165) is 20.9 Å². The number of nitrogens with zero attached hydrogens (tertiary/aromatic N) is 1. The summed E-state index contributed by atoms with van der Waals surface area (Å²) in [4.78, 5) is 17.0. The van der Waals surface area contributed by atoms with Gasteiger partial charge in [-0.25, -0.2) is 0 Å². The molecule has 0 aliphatic rings. The Bertz CT molecular complexity index is 580. The Morgan fingerprint density at radius 1 is 1.47 bits per heavy atom. The Kier molecular flexibility index (Phi) is 4.61. The van der Waals surface area contributed by atoms with Crippen molar-refractivity contribution >= 4 is 32.7 Å². The van der Waals surface area contributed by atoms with Gasteiger partial charge in [-0.3, -0.25) is 4.79 Å². The van der Waals surface area contributed by atoms with Gasteiger partial charge >= 0.3 is 0 Å². The van der Waals surface area contributed by atoms with E-state index < -0.39 is 0 Å². The van der Waals surface area contributed by atoms with Gasteiger partial charge in [0.2, 0.25) is 5.91 Å². The molecule has 102 valence electrons. The maximum absolute atomic E-state index is 12.1. The summed E-state index contributed by atoms with van der Waals surface area (Å²) in [7, 11) is 0. The molecule has 0 saturated heterocycles. The highest BCUT2D eigenvalue weighted by atomic mass is 79.9. The van der Waals surface area contributed by atoms with Crippen LogP contribution in [0.5, 0.6) is 0 Å². The van der Waals surface area contributed by atoms with E-state index in [-0.39, 0.29) is 12.5 Å². The predicted octanol–water partition coefficient (Wildman–Crippen LogP) is 2.31. The number of benzene rings is 1. The van der Waals surface area contributed by atoms with Crippen LogP contribution in [0.1, 0.15) is 12.5 Å². The van der Waals surface area contributed by atoms with E-state index >= 15 is 0 Å². The van der Waals surface area contributed by atoms with Crippen molar-refractivity contribution in [3.8, 4) is 0 Å². The van der Waals surface area contributed by atoms with Crippen molar-refractivity contribution in [1.29, 1.82) is 0 Å². The first-order valence-electron chi connectivity index (χ1n) is 6.29. The number of hydrogen-bond acceptors (Lipinski definition) is 2. The monoisotopic (exact) mass is 324 g/mol. The van der Waals surface area contributed by atoms with E-state index in [9.17, 15) is 4.79 Å². The summed E-state index contributed by atoms with van der Waals surface area (Å²) in [6, 6.07) is 5.96. The molecule has 2 aromatic rings. The normalized spacial score (nSPS) is 10.9. The number of aromatic nitrogens is 1. The minimum absolute atomic E-state index is 0.000408. The van der Waals surface area contributed by atoms with Crippen molar-refractivity contribution in [3.05, 3.63) is 34.4 Å². The average Bonchev–Trinajstić information content (AvgIpc) is 2.78. The summed E-state index contributed by atoms with van der Waals surface area (Å²) >= 11 is 3.42. The number of H-pyrrole nitrogens is 1. The van der Waals surface area contributed by atoms with Crippen LogP contribution in [0.3, 0.4) is 0 Å². The SMILES string of the molecule is CCN(CCO)C(=O)Cc1c[nH]c2cc(Br)ccc12. The Balaban J connectivity index is 2.19. The molecule has 19 heavy (non-hydrogen) atoms. The molecular formula is C14H17BrN2O2. The van der Waals surface area contributed by atoms with Crippen LogP contribution < -0.4 is 0 Å². The van der Waals surface area contributed by atoms with Gasteiger partial charge in [-0.1, -0.05) is 22.0 Å². The number of fused-ring (bicyclic) bond motifs is 1. The number of aromatic amines is 1. The lowest BCUT2D eigenvalue weighted by atomic mass is 10.1. The second kappa shape index (κ2) is 6.21. The molecule has 4 nitrogen and oxygen atoms in total. The first-order chi connectivity index (χ1) is 9.15. The van der Waals surface area contributed by atoms with Crippen molar-refractivity contribution in [2.24, 2.45) is 0 Å². The highest BCUT2D eigenvalue weighted by Gasteiger charge is 2.14. The summed E-state index contributed by atoms with van der Waals surface area (Å²) in [5.74, 6) is 0.0420. The van der Waals surface area contributed by atoms with Crippen LogP contribution in [0, 0.1) is 0 Å². The molecule has 1 aromatic heterocycles. The number of halogens is 1. The van der Waals surface area contributed by atoms with Crippen molar-refractivity contribution in [2.75, 3.05) is 19.7 Å². The zero-order valence-corrected chi connectivity index (χ0v) is 12.4.